The molecular formula is C14H21N5S. The molecule has 2 aliphatic rings. The molecule has 108 valence electrons. The Hall–Kier alpha value is -1.01. The number of fused-ring (bicyclic) bond motifs is 1. The van der Waals surface area contributed by atoms with Gasteiger partial charge in [-0.15, -0.1) is 10.2 Å². The highest BCUT2D eigenvalue weighted by atomic mass is 32.1. The van der Waals surface area contributed by atoms with Crippen molar-refractivity contribution in [1.29, 1.82) is 0 Å². The van der Waals surface area contributed by atoms with E-state index in [1.807, 2.05) is 4.52 Å². The van der Waals surface area contributed by atoms with Crippen molar-refractivity contribution in [3.8, 4) is 0 Å². The van der Waals surface area contributed by atoms with E-state index in [0.717, 1.165) is 35.1 Å². The monoisotopic (exact) mass is 291 g/mol. The second kappa shape index (κ2) is 4.77. The van der Waals surface area contributed by atoms with E-state index in [4.69, 9.17) is 10.8 Å². The highest BCUT2D eigenvalue weighted by Gasteiger charge is 2.30. The lowest BCUT2D eigenvalue weighted by atomic mass is 9.80. The molecule has 2 aromatic rings. The highest BCUT2D eigenvalue weighted by Crippen LogP contribution is 2.36. The van der Waals surface area contributed by atoms with Gasteiger partial charge in [-0.1, -0.05) is 37.0 Å². The first kappa shape index (κ1) is 12.7. The summed E-state index contributed by atoms with van der Waals surface area (Å²) in [6.07, 6.45) is 10.8. The van der Waals surface area contributed by atoms with Gasteiger partial charge in [0.05, 0.1) is 0 Å². The van der Waals surface area contributed by atoms with Gasteiger partial charge in [-0.2, -0.15) is 9.61 Å². The van der Waals surface area contributed by atoms with E-state index >= 15 is 0 Å². The van der Waals surface area contributed by atoms with Crippen molar-refractivity contribution in [3.63, 3.8) is 0 Å². The molecule has 2 fully saturated rings. The van der Waals surface area contributed by atoms with Crippen LogP contribution in [-0.4, -0.2) is 25.4 Å². The van der Waals surface area contributed by atoms with Gasteiger partial charge in [-0.3, -0.25) is 0 Å². The van der Waals surface area contributed by atoms with Gasteiger partial charge in [-0.05, 0) is 25.7 Å². The maximum atomic E-state index is 6.54. The summed E-state index contributed by atoms with van der Waals surface area (Å²) in [6, 6.07) is 0. The highest BCUT2D eigenvalue weighted by molar-refractivity contribution is 7.16. The molecule has 20 heavy (non-hydrogen) atoms. The minimum Gasteiger partial charge on any atom is -0.325 e. The molecule has 4 rings (SSSR count). The maximum Gasteiger partial charge on any atom is 0.234 e. The Balaban J connectivity index is 1.59. The van der Waals surface area contributed by atoms with Crippen LogP contribution in [0, 0.1) is 0 Å². The lowest BCUT2D eigenvalue weighted by molar-refractivity contribution is 0.293. The van der Waals surface area contributed by atoms with Gasteiger partial charge in [0.2, 0.25) is 4.96 Å². The maximum absolute atomic E-state index is 6.54. The molecule has 2 heterocycles. The van der Waals surface area contributed by atoms with Gasteiger partial charge < -0.3 is 5.73 Å². The molecule has 0 aromatic carbocycles. The topological polar surface area (TPSA) is 69.1 Å². The minimum absolute atomic E-state index is 0.0435. The van der Waals surface area contributed by atoms with E-state index in [9.17, 15) is 0 Å². The van der Waals surface area contributed by atoms with Crippen molar-refractivity contribution in [1.82, 2.24) is 19.8 Å². The summed E-state index contributed by atoms with van der Waals surface area (Å²) >= 11 is 1.66. The summed E-state index contributed by atoms with van der Waals surface area (Å²) < 4.78 is 1.97. The number of aromatic nitrogens is 4. The molecule has 6 heteroatoms. The standard InChI is InChI=1S/C14H21N5S/c15-14(7-2-1-3-8-14)9-11-18-19-12(10-5-4-6-10)16-17-13(19)20-11/h10H,1-9,15H2. The first-order valence-corrected chi connectivity index (χ1v) is 8.55. The summed E-state index contributed by atoms with van der Waals surface area (Å²) in [4.78, 5) is 0.932. The largest absolute Gasteiger partial charge is 0.325 e. The van der Waals surface area contributed by atoms with Crippen molar-refractivity contribution in [3.05, 3.63) is 10.8 Å². The Kier molecular flexibility index (Phi) is 3.03. The third kappa shape index (κ3) is 2.15. The van der Waals surface area contributed by atoms with Gasteiger partial charge in [0.15, 0.2) is 5.82 Å². The molecule has 5 nitrogen and oxygen atoms in total. The Bertz CT molecular complexity index is 606. The summed E-state index contributed by atoms with van der Waals surface area (Å²) in [6.45, 7) is 0. The van der Waals surface area contributed by atoms with Crippen molar-refractivity contribution < 1.29 is 0 Å². The van der Waals surface area contributed by atoms with Gasteiger partial charge in [0.25, 0.3) is 0 Å². The fourth-order valence-electron chi connectivity index (χ4n) is 3.40. The molecule has 0 amide bonds. The third-order valence-electron chi connectivity index (χ3n) is 4.88. The Morgan fingerprint density at radius 3 is 2.65 bits per heavy atom. The normalized spacial score (nSPS) is 23.1. The van der Waals surface area contributed by atoms with Crippen LogP contribution in [0.15, 0.2) is 0 Å². The number of nitrogens with two attached hydrogens (primary N) is 1. The van der Waals surface area contributed by atoms with Crippen molar-refractivity contribution in [2.75, 3.05) is 0 Å². The van der Waals surface area contributed by atoms with Gasteiger partial charge in [0, 0.05) is 17.9 Å². The molecule has 0 aliphatic heterocycles. The van der Waals surface area contributed by atoms with E-state index < -0.39 is 0 Å². The van der Waals surface area contributed by atoms with E-state index in [1.54, 1.807) is 11.3 Å². The SMILES string of the molecule is NC1(Cc2nn3c(C4CCC4)nnc3s2)CCCCC1. The Labute approximate surface area is 122 Å². The van der Waals surface area contributed by atoms with Crippen LogP contribution in [0.4, 0.5) is 0 Å². The van der Waals surface area contributed by atoms with Crippen LogP contribution in [0.25, 0.3) is 4.96 Å². The van der Waals surface area contributed by atoms with Crippen molar-refractivity contribution in [2.24, 2.45) is 5.73 Å². The first-order chi connectivity index (χ1) is 9.73. The van der Waals surface area contributed by atoms with Crippen LogP contribution in [0.5, 0.6) is 0 Å². The molecule has 2 aliphatic carbocycles. The van der Waals surface area contributed by atoms with E-state index in [-0.39, 0.29) is 5.54 Å². The molecule has 0 unspecified atom stereocenters. The summed E-state index contributed by atoms with van der Waals surface area (Å²) in [5.41, 5.74) is 6.49. The second-order valence-electron chi connectivity index (χ2n) is 6.48. The zero-order chi connectivity index (χ0) is 13.6. The van der Waals surface area contributed by atoms with Crippen LogP contribution in [0.1, 0.15) is 68.1 Å². The van der Waals surface area contributed by atoms with Crippen molar-refractivity contribution >= 4 is 16.3 Å². The molecule has 0 atom stereocenters. The fraction of sp³-hybridized carbons (Fsp3) is 0.786. The average Bonchev–Trinajstić information content (AvgIpc) is 2.89. The summed E-state index contributed by atoms with van der Waals surface area (Å²) in [7, 11) is 0. The van der Waals surface area contributed by atoms with Crippen molar-refractivity contribution in [2.45, 2.75) is 69.2 Å². The quantitative estimate of drug-likeness (QED) is 0.944. The molecule has 0 radical (unpaired) electrons. The predicted octanol–water partition coefficient (Wildman–Crippen LogP) is 2.66. The first-order valence-electron chi connectivity index (χ1n) is 7.73. The predicted molar refractivity (Wildman–Crippen MR) is 79.0 cm³/mol. The lowest BCUT2D eigenvalue weighted by Gasteiger charge is -2.32. The molecule has 0 bridgehead atoms. The number of hydrogen-bond acceptors (Lipinski definition) is 5. The molecular weight excluding hydrogens is 270 g/mol. The fourth-order valence-corrected chi connectivity index (χ4v) is 4.39. The minimum atomic E-state index is -0.0435. The van der Waals surface area contributed by atoms with Crippen LogP contribution in [0.3, 0.4) is 0 Å². The molecule has 2 N–H and O–H groups in total. The van der Waals surface area contributed by atoms with Crippen LogP contribution in [-0.2, 0) is 6.42 Å². The van der Waals surface area contributed by atoms with Gasteiger partial charge in [0.1, 0.15) is 5.01 Å². The third-order valence-corrected chi connectivity index (χ3v) is 5.78. The zero-order valence-electron chi connectivity index (χ0n) is 11.7. The Morgan fingerprint density at radius 2 is 1.95 bits per heavy atom. The van der Waals surface area contributed by atoms with E-state index in [2.05, 4.69) is 10.2 Å². The second-order valence-corrected chi connectivity index (χ2v) is 7.52. The van der Waals surface area contributed by atoms with Gasteiger partial charge >= 0.3 is 0 Å². The summed E-state index contributed by atoms with van der Waals surface area (Å²) in [5.74, 6) is 1.63. The number of rotatable bonds is 3. The summed E-state index contributed by atoms with van der Waals surface area (Å²) in [5, 5.41) is 14.5. The van der Waals surface area contributed by atoms with E-state index in [1.165, 1.54) is 38.5 Å². The molecule has 2 saturated carbocycles. The van der Waals surface area contributed by atoms with Gasteiger partial charge in [-0.25, -0.2) is 0 Å². The molecule has 0 saturated heterocycles. The molecule has 2 aromatic heterocycles. The average molecular weight is 291 g/mol. The lowest BCUT2D eigenvalue weighted by Crippen LogP contribution is -2.43. The zero-order valence-corrected chi connectivity index (χ0v) is 12.5. The van der Waals surface area contributed by atoms with Crippen LogP contribution in [0.2, 0.25) is 0 Å². The number of nitrogens with zero attached hydrogens (tertiary/aromatic N) is 4. The molecule has 0 spiro atoms. The van der Waals surface area contributed by atoms with Crippen LogP contribution < -0.4 is 5.73 Å². The Morgan fingerprint density at radius 1 is 1.15 bits per heavy atom. The van der Waals surface area contributed by atoms with Crippen LogP contribution >= 0.6 is 11.3 Å². The van der Waals surface area contributed by atoms with E-state index in [0.29, 0.717) is 5.92 Å². The number of hydrogen-bond donors (Lipinski definition) is 1. The smallest absolute Gasteiger partial charge is 0.234 e.